The van der Waals surface area contributed by atoms with Crippen LogP contribution in [-0.4, -0.2) is 49.0 Å². The van der Waals surface area contributed by atoms with Gasteiger partial charge in [0.15, 0.2) is 0 Å². The molecular formula is C24H25F6N3O6S. The standard InChI is InChI=1S/C24H25F6N3O6S/c1-13(14(2)34)9-16-12-33(40(36,37)17-7-8-31-20(11-17)23(25,26)27)18-10-15(5-6-19(18)38-16)32-21(35)39-22(3,4)24(28,29)30/h5-8,10-11,13,16,34H,2,9,12H2,1,3-4H3,(H,32,35)/t13-,16-/m0/s1. The zero-order valence-electron chi connectivity index (χ0n) is 21.3. The summed E-state index contributed by atoms with van der Waals surface area (Å²) >= 11 is 0. The fourth-order valence-electron chi connectivity index (χ4n) is 3.56. The number of alkyl halides is 6. The Balaban J connectivity index is 2.02. The molecule has 0 saturated heterocycles. The van der Waals surface area contributed by atoms with E-state index >= 15 is 0 Å². The van der Waals surface area contributed by atoms with E-state index in [1.807, 2.05) is 0 Å². The van der Waals surface area contributed by atoms with Crippen molar-refractivity contribution in [3.05, 3.63) is 54.6 Å². The number of aromatic nitrogens is 1. The van der Waals surface area contributed by atoms with Crippen LogP contribution in [0.2, 0.25) is 0 Å². The number of rotatable bonds is 7. The van der Waals surface area contributed by atoms with E-state index in [4.69, 9.17) is 4.74 Å². The predicted molar refractivity (Wildman–Crippen MR) is 130 cm³/mol. The molecule has 2 atom stereocenters. The molecule has 1 aliphatic rings. The first-order valence-corrected chi connectivity index (χ1v) is 13.0. The molecule has 0 bridgehead atoms. The van der Waals surface area contributed by atoms with E-state index in [0.717, 1.165) is 16.4 Å². The highest BCUT2D eigenvalue weighted by molar-refractivity contribution is 7.92. The molecule has 1 aromatic heterocycles. The third kappa shape index (κ3) is 6.71. The maximum absolute atomic E-state index is 13.6. The molecule has 0 saturated carbocycles. The lowest BCUT2D eigenvalue weighted by molar-refractivity contribution is -0.242. The number of carbonyl (C=O) groups is 1. The van der Waals surface area contributed by atoms with Crippen molar-refractivity contribution >= 4 is 27.5 Å². The number of allylic oxidation sites excluding steroid dienone is 1. The Morgan fingerprint density at radius 3 is 2.45 bits per heavy atom. The van der Waals surface area contributed by atoms with Crippen molar-refractivity contribution < 1.29 is 54.1 Å². The van der Waals surface area contributed by atoms with Crippen LogP contribution >= 0.6 is 0 Å². The smallest absolute Gasteiger partial charge is 0.433 e. The number of halogens is 6. The number of nitrogens with one attached hydrogen (secondary N) is 1. The predicted octanol–water partition coefficient (Wildman–Crippen LogP) is 6.04. The largest absolute Gasteiger partial charge is 0.513 e. The monoisotopic (exact) mass is 597 g/mol. The fraction of sp³-hybridized carbons (Fsp3) is 0.417. The minimum Gasteiger partial charge on any atom is -0.513 e. The molecule has 220 valence electrons. The van der Waals surface area contributed by atoms with Gasteiger partial charge in [-0.2, -0.15) is 26.3 Å². The Morgan fingerprint density at radius 1 is 1.23 bits per heavy atom. The van der Waals surface area contributed by atoms with Gasteiger partial charge in [-0.15, -0.1) is 0 Å². The molecule has 0 fully saturated rings. The van der Waals surface area contributed by atoms with E-state index in [1.165, 1.54) is 12.1 Å². The van der Waals surface area contributed by atoms with Crippen LogP contribution in [0.15, 0.2) is 53.8 Å². The first-order valence-electron chi connectivity index (χ1n) is 11.5. The third-order valence-corrected chi connectivity index (χ3v) is 7.74. The van der Waals surface area contributed by atoms with Crippen molar-refractivity contribution in [1.29, 1.82) is 0 Å². The summed E-state index contributed by atoms with van der Waals surface area (Å²) in [5.41, 5.74) is -4.70. The number of ether oxygens (including phenoxy) is 2. The van der Waals surface area contributed by atoms with E-state index in [1.54, 1.807) is 6.92 Å². The van der Waals surface area contributed by atoms with Gasteiger partial charge >= 0.3 is 18.4 Å². The number of carbonyl (C=O) groups excluding carboxylic acids is 1. The zero-order valence-corrected chi connectivity index (χ0v) is 22.1. The molecule has 2 aromatic rings. The normalized spacial score (nSPS) is 16.9. The van der Waals surface area contributed by atoms with Crippen LogP contribution in [0.4, 0.5) is 42.5 Å². The molecule has 2 heterocycles. The molecule has 0 radical (unpaired) electrons. The lowest BCUT2D eigenvalue weighted by atomic mass is 10.0. The van der Waals surface area contributed by atoms with Crippen LogP contribution < -0.4 is 14.4 Å². The second-order valence-electron chi connectivity index (χ2n) is 9.48. The number of aliphatic hydroxyl groups excluding tert-OH is 1. The van der Waals surface area contributed by atoms with Crippen LogP contribution in [-0.2, 0) is 20.9 Å². The first kappa shape index (κ1) is 30.8. The van der Waals surface area contributed by atoms with Gasteiger partial charge in [0.2, 0.25) is 5.60 Å². The van der Waals surface area contributed by atoms with Crippen molar-refractivity contribution in [3.63, 3.8) is 0 Å². The van der Waals surface area contributed by atoms with Crippen LogP contribution in [0.25, 0.3) is 0 Å². The Morgan fingerprint density at radius 2 is 1.88 bits per heavy atom. The minimum absolute atomic E-state index is 0.0600. The quantitative estimate of drug-likeness (QED) is 0.295. The molecule has 1 aromatic carbocycles. The molecule has 16 heteroatoms. The summed E-state index contributed by atoms with van der Waals surface area (Å²) in [6, 6.07) is 4.71. The summed E-state index contributed by atoms with van der Waals surface area (Å²) in [7, 11) is -4.70. The van der Waals surface area contributed by atoms with Gasteiger partial charge in [0.05, 0.1) is 22.9 Å². The van der Waals surface area contributed by atoms with Crippen LogP contribution in [0.1, 0.15) is 32.9 Å². The number of nitrogens with zero attached hydrogens (tertiary/aromatic N) is 2. The third-order valence-electron chi connectivity index (χ3n) is 5.96. The lowest BCUT2D eigenvalue weighted by Crippen LogP contribution is -2.45. The highest BCUT2D eigenvalue weighted by Crippen LogP contribution is 2.41. The lowest BCUT2D eigenvalue weighted by Gasteiger charge is -2.36. The van der Waals surface area contributed by atoms with Gasteiger partial charge in [0.25, 0.3) is 10.0 Å². The second-order valence-corrected chi connectivity index (χ2v) is 11.3. The van der Waals surface area contributed by atoms with Gasteiger partial charge in [0.1, 0.15) is 17.5 Å². The van der Waals surface area contributed by atoms with Crippen LogP contribution in [0, 0.1) is 5.92 Å². The van der Waals surface area contributed by atoms with Crippen LogP contribution in [0.5, 0.6) is 5.75 Å². The molecule has 2 N–H and O–H groups in total. The molecule has 9 nitrogen and oxygen atoms in total. The molecule has 3 rings (SSSR count). The van der Waals surface area contributed by atoms with Gasteiger partial charge in [0, 0.05) is 17.8 Å². The molecule has 0 aliphatic carbocycles. The Kier molecular flexibility index (Phi) is 8.26. The Hall–Kier alpha value is -3.69. The highest BCUT2D eigenvalue weighted by atomic mass is 32.2. The molecule has 1 aliphatic heterocycles. The summed E-state index contributed by atoms with van der Waals surface area (Å²) in [5.74, 6) is -0.802. The number of anilines is 2. The number of hydrogen-bond donors (Lipinski definition) is 2. The summed E-state index contributed by atoms with van der Waals surface area (Å²) < 4.78 is 117. The topological polar surface area (TPSA) is 118 Å². The van der Waals surface area contributed by atoms with Gasteiger partial charge in [-0.05, 0) is 50.6 Å². The molecule has 0 spiro atoms. The van der Waals surface area contributed by atoms with Crippen molar-refractivity contribution in [2.24, 2.45) is 5.92 Å². The number of amides is 1. The first-order chi connectivity index (χ1) is 18.2. The van der Waals surface area contributed by atoms with E-state index < -0.39 is 63.2 Å². The Labute approximate surface area is 225 Å². The van der Waals surface area contributed by atoms with E-state index in [9.17, 15) is 44.7 Å². The van der Waals surface area contributed by atoms with Gasteiger partial charge in [-0.3, -0.25) is 14.6 Å². The van der Waals surface area contributed by atoms with E-state index in [-0.39, 0.29) is 29.3 Å². The average molecular weight is 598 g/mol. The van der Waals surface area contributed by atoms with Crippen molar-refractivity contribution in [3.8, 4) is 5.75 Å². The number of hydrogen-bond acceptors (Lipinski definition) is 7. The van der Waals surface area contributed by atoms with Crippen molar-refractivity contribution in [2.45, 2.75) is 56.1 Å². The fourth-order valence-corrected chi connectivity index (χ4v) is 5.07. The van der Waals surface area contributed by atoms with Crippen molar-refractivity contribution in [2.75, 3.05) is 16.2 Å². The average Bonchev–Trinajstić information content (AvgIpc) is 2.82. The highest BCUT2D eigenvalue weighted by Gasteiger charge is 2.51. The summed E-state index contributed by atoms with van der Waals surface area (Å²) in [6.45, 7) is 5.86. The van der Waals surface area contributed by atoms with Gasteiger partial charge < -0.3 is 14.6 Å². The summed E-state index contributed by atoms with van der Waals surface area (Å²) in [5, 5.41) is 11.8. The van der Waals surface area contributed by atoms with E-state index in [0.29, 0.717) is 26.1 Å². The van der Waals surface area contributed by atoms with Gasteiger partial charge in [-0.1, -0.05) is 13.5 Å². The molecular weight excluding hydrogens is 572 g/mol. The Bertz CT molecular complexity index is 1390. The number of sulfonamides is 1. The van der Waals surface area contributed by atoms with Gasteiger partial charge in [-0.25, -0.2) is 13.2 Å². The SMILES string of the molecule is C=C(O)[C@@H](C)C[C@H]1CN(S(=O)(=O)c2ccnc(C(F)(F)F)c2)c2cc(NC(=O)OC(C)(C)C(F)(F)F)ccc2O1. The molecule has 1 amide bonds. The molecule has 40 heavy (non-hydrogen) atoms. The van der Waals surface area contributed by atoms with Crippen molar-refractivity contribution in [1.82, 2.24) is 4.98 Å². The van der Waals surface area contributed by atoms with Crippen LogP contribution in [0.3, 0.4) is 0 Å². The number of fused-ring (bicyclic) bond motifs is 1. The second kappa shape index (κ2) is 10.7. The number of aliphatic hydroxyl groups is 1. The molecule has 0 unspecified atom stereocenters. The summed E-state index contributed by atoms with van der Waals surface area (Å²) in [6.07, 6.45) is -11.4. The number of pyridine rings is 1. The summed E-state index contributed by atoms with van der Waals surface area (Å²) in [4.78, 5) is 14.6. The zero-order chi connectivity index (χ0) is 30.3. The van der Waals surface area contributed by atoms with E-state index in [2.05, 4.69) is 21.6 Å². The maximum Gasteiger partial charge on any atom is 0.433 e. The maximum atomic E-state index is 13.6. The number of benzene rings is 1. The minimum atomic E-state index is -4.93.